The van der Waals surface area contributed by atoms with Crippen LogP contribution in [0.25, 0.3) is 0 Å². The zero-order valence-corrected chi connectivity index (χ0v) is 22.9. The van der Waals surface area contributed by atoms with Gasteiger partial charge in [0, 0.05) is 17.3 Å². The maximum absolute atomic E-state index is 12.9. The molecule has 2 spiro atoms. The number of aliphatic hydroxyl groups is 3. The smallest absolute Gasteiger partial charge is 0.138 e. The molecule has 5 aliphatic carbocycles. The minimum absolute atomic E-state index is 0.0201. The van der Waals surface area contributed by atoms with Crippen LogP contribution in [0.2, 0.25) is 0 Å². The van der Waals surface area contributed by atoms with Crippen LogP contribution in [0.5, 0.6) is 0 Å². The summed E-state index contributed by atoms with van der Waals surface area (Å²) in [5.41, 5.74) is -1.20. The average Bonchev–Trinajstić information content (AvgIpc) is 3.40. The molecule has 6 rings (SSSR count). The predicted molar refractivity (Wildman–Crippen MR) is 133 cm³/mol. The third-order valence-corrected chi connectivity index (χ3v) is 13.6. The van der Waals surface area contributed by atoms with E-state index in [2.05, 4.69) is 34.6 Å². The number of ketones is 1. The largest absolute Gasteiger partial charge is 0.390 e. The van der Waals surface area contributed by atoms with Crippen molar-refractivity contribution in [3.05, 3.63) is 0 Å². The Labute approximate surface area is 211 Å². The Morgan fingerprint density at radius 2 is 1.66 bits per heavy atom. The van der Waals surface area contributed by atoms with E-state index in [1.165, 1.54) is 12.8 Å². The fourth-order valence-electron chi connectivity index (χ4n) is 11.8. The Morgan fingerprint density at radius 1 is 1.03 bits per heavy atom. The minimum atomic E-state index is -1.24. The van der Waals surface area contributed by atoms with Crippen molar-refractivity contribution in [1.29, 1.82) is 0 Å². The summed E-state index contributed by atoms with van der Waals surface area (Å²) in [7, 11) is 0. The third-order valence-electron chi connectivity index (χ3n) is 13.6. The van der Waals surface area contributed by atoms with Gasteiger partial charge >= 0.3 is 0 Å². The van der Waals surface area contributed by atoms with E-state index in [1.807, 2.05) is 0 Å². The number of aliphatic hydroxyl groups excluding tert-OH is 2. The fourth-order valence-corrected chi connectivity index (χ4v) is 11.8. The van der Waals surface area contributed by atoms with E-state index in [-0.39, 0.29) is 39.1 Å². The second-order valence-electron chi connectivity index (χ2n) is 15.4. The van der Waals surface area contributed by atoms with Crippen LogP contribution in [0, 0.1) is 50.7 Å². The van der Waals surface area contributed by atoms with Gasteiger partial charge in [-0.1, -0.05) is 34.6 Å². The van der Waals surface area contributed by atoms with Gasteiger partial charge in [-0.05, 0) is 98.7 Å². The van der Waals surface area contributed by atoms with E-state index < -0.39 is 23.9 Å². The number of hydrogen-bond acceptors (Lipinski definition) is 5. The van der Waals surface area contributed by atoms with Crippen LogP contribution in [-0.4, -0.2) is 51.1 Å². The number of carbonyl (C=O) groups excluding carboxylic acids is 1. The highest BCUT2D eigenvalue weighted by Crippen LogP contribution is 2.89. The van der Waals surface area contributed by atoms with Gasteiger partial charge in [0.25, 0.3) is 0 Å². The summed E-state index contributed by atoms with van der Waals surface area (Å²) in [5, 5.41) is 33.5. The van der Waals surface area contributed by atoms with Crippen LogP contribution >= 0.6 is 0 Å². The molecule has 198 valence electrons. The maximum atomic E-state index is 12.9. The molecule has 5 saturated carbocycles. The lowest BCUT2D eigenvalue weighted by Crippen LogP contribution is -2.59. The van der Waals surface area contributed by atoms with E-state index in [9.17, 15) is 20.1 Å². The molecule has 5 nitrogen and oxygen atoms in total. The van der Waals surface area contributed by atoms with E-state index in [0.717, 1.165) is 32.1 Å². The van der Waals surface area contributed by atoms with Crippen molar-refractivity contribution in [2.45, 2.75) is 130 Å². The second kappa shape index (κ2) is 6.93. The maximum Gasteiger partial charge on any atom is 0.138 e. The summed E-state index contributed by atoms with van der Waals surface area (Å²) in [5.74, 6) is 1.93. The Balaban J connectivity index is 1.37. The first-order valence-corrected chi connectivity index (χ1v) is 14.4. The van der Waals surface area contributed by atoms with E-state index >= 15 is 0 Å². The molecule has 5 heteroatoms. The highest BCUT2D eigenvalue weighted by molar-refractivity contribution is 5.86. The van der Waals surface area contributed by atoms with Crippen molar-refractivity contribution in [3.8, 4) is 0 Å². The Kier molecular flexibility index (Phi) is 4.91. The predicted octanol–water partition coefficient (Wildman–Crippen LogP) is 4.50. The third kappa shape index (κ3) is 2.68. The fraction of sp³-hybridized carbons (Fsp3) is 0.967. The molecule has 0 aromatic heterocycles. The highest BCUT2D eigenvalue weighted by atomic mass is 16.5. The Bertz CT molecular complexity index is 938. The number of carbonyl (C=O) groups is 1. The minimum Gasteiger partial charge on any atom is -0.390 e. The zero-order chi connectivity index (χ0) is 25.6. The van der Waals surface area contributed by atoms with Crippen LogP contribution in [0.3, 0.4) is 0 Å². The highest BCUT2D eigenvalue weighted by Gasteiger charge is 2.84. The quantitative estimate of drug-likeness (QED) is 0.533. The van der Waals surface area contributed by atoms with Gasteiger partial charge in [0.2, 0.25) is 0 Å². The average molecular weight is 489 g/mol. The molecule has 0 bridgehead atoms. The first-order valence-electron chi connectivity index (χ1n) is 14.4. The first-order chi connectivity index (χ1) is 16.1. The van der Waals surface area contributed by atoms with Gasteiger partial charge in [-0.3, -0.25) is 4.79 Å². The summed E-state index contributed by atoms with van der Waals surface area (Å²) >= 11 is 0. The summed E-state index contributed by atoms with van der Waals surface area (Å²) < 4.78 is 6.58. The van der Waals surface area contributed by atoms with Gasteiger partial charge in [0.15, 0.2) is 0 Å². The van der Waals surface area contributed by atoms with Crippen molar-refractivity contribution in [1.82, 2.24) is 0 Å². The topological polar surface area (TPSA) is 87.0 Å². The van der Waals surface area contributed by atoms with Crippen LogP contribution in [0.1, 0.15) is 99.8 Å². The number of ether oxygens (including phenoxy) is 1. The summed E-state index contributed by atoms with van der Waals surface area (Å²) in [4.78, 5) is 12.9. The van der Waals surface area contributed by atoms with Crippen LogP contribution in [-0.2, 0) is 9.53 Å². The normalized spacial score (nSPS) is 57.3. The lowest BCUT2D eigenvalue weighted by atomic mass is 9.41. The van der Waals surface area contributed by atoms with Gasteiger partial charge in [-0.2, -0.15) is 0 Å². The van der Waals surface area contributed by atoms with Crippen molar-refractivity contribution < 1.29 is 24.9 Å². The molecule has 0 unspecified atom stereocenters. The molecule has 1 aliphatic heterocycles. The summed E-state index contributed by atoms with van der Waals surface area (Å²) in [6.45, 7) is 14.7. The van der Waals surface area contributed by atoms with Crippen LogP contribution < -0.4 is 0 Å². The first kappa shape index (κ1) is 24.8. The van der Waals surface area contributed by atoms with Crippen molar-refractivity contribution in [2.75, 3.05) is 0 Å². The zero-order valence-electron chi connectivity index (χ0n) is 22.9. The van der Waals surface area contributed by atoms with Gasteiger partial charge < -0.3 is 20.1 Å². The Hall–Kier alpha value is -0.490. The lowest BCUT2D eigenvalue weighted by Gasteiger charge is -2.63. The second-order valence-corrected chi connectivity index (χ2v) is 15.4. The van der Waals surface area contributed by atoms with Gasteiger partial charge in [-0.25, -0.2) is 0 Å². The van der Waals surface area contributed by atoms with Crippen LogP contribution in [0.4, 0.5) is 0 Å². The van der Waals surface area contributed by atoms with Crippen molar-refractivity contribution in [3.63, 3.8) is 0 Å². The molecule has 1 heterocycles. The molecule has 12 atom stereocenters. The molecule has 0 radical (unpaired) electrons. The van der Waals surface area contributed by atoms with E-state index in [4.69, 9.17) is 4.74 Å². The molecule has 0 amide bonds. The van der Waals surface area contributed by atoms with Gasteiger partial charge in [-0.15, -0.1) is 0 Å². The number of fused-ring (bicyclic) bond motifs is 4. The lowest BCUT2D eigenvalue weighted by molar-refractivity contribution is -0.202. The van der Waals surface area contributed by atoms with Crippen molar-refractivity contribution in [2.24, 2.45) is 50.7 Å². The Morgan fingerprint density at radius 3 is 2.31 bits per heavy atom. The van der Waals surface area contributed by atoms with Crippen molar-refractivity contribution >= 4 is 5.78 Å². The van der Waals surface area contributed by atoms with Crippen LogP contribution in [0.15, 0.2) is 0 Å². The van der Waals surface area contributed by atoms with E-state index in [1.54, 1.807) is 13.8 Å². The molecule has 1 saturated heterocycles. The van der Waals surface area contributed by atoms with Gasteiger partial charge in [0.05, 0.1) is 23.9 Å². The van der Waals surface area contributed by atoms with E-state index in [0.29, 0.717) is 30.0 Å². The summed E-state index contributed by atoms with van der Waals surface area (Å²) in [6.07, 6.45) is 5.89. The molecular weight excluding hydrogens is 440 g/mol. The molecule has 0 aromatic rings. The molecule has 6 fully saturated rings. The number of rotatable bonds is 2. The number of hydrogen-bond donors (Lipinski definition) is 3. The molecule has 3 N–H and O–H groups in total. The molecule has 6 aliphatic rings. The standard InChI is InChI=1S/C30H48O5/c1-16-14-17(23(32)26(4,5)34)35-22-21(16)27(6)12-13-30-15-29(30)11-10-20(31)25(2,3)18(29)8-9-19(30)28(27,7)24(22)33/h16-19,21-24,32-34H,8-15H2,1-7H3/t16-,17-,18+,19+,21+,22+,23+,24+,27-,28-,29-,30+/m1/s1. The SMILES string of the molecule is C[C@@H]1C[C@H]([C@H](O)C(C)(C)O)O[C@H]2[C@H]1[C@@]1(C)CC[C@@]34C[C@@]35CCC(=O)C(C)(C)[C@@H]5CC[C@H]4[C@]1(C)[C@H]2O. The summed E-state index contributed by atoms with van der Waals surface area (Å²) in [6, 6.07) is 0. The monoisotopic (exact) mass is 488 g/mol. The number of Topliss-reactive ketones (excluding diaryl/α,β-unsaturated/α-hetero) is 1. The molecule has 35 heavy (non-hydrogen) atoms. The molecule has 0 aromatic carbocycles. The molecular formula is C30H48O5. The van der Waals surface area contributed by atoms with Gasteiger partial charge in [0.1, 0.15) is 11.9 Å².